The second-order valence-electron chi connectivity index (χ2n) is 6.34. The Hall–Kier alpha value is -1.65. The van der Waals surface area contributed by atoms with Gasteiger partial charge in [-0.2, -0.15) is 0 Å². The highest BCUT2D eigenvalue weighted by atomic mass is 35.5. The van der Waals surface area contributed by atoms with Crippen molar-refractivity contribution in [3.8, 4) is 0 Å². The van der Waals surface area contributed by atoms with Gasteiger partial charge < -0.3 is 5.32 Å². The van der Waals surface area contributed by atoms with Crippen molar-refractivity contribution in [1.82, 2.24) is 9.97 Å². The standard InChI is InChI=1S/C18H18ClN3S/c1-10-3-6-15-13(7-10)16-17(20-9-21-18(16)23-15)22-12-5-4-11(2)14(19)8-12/h4-5,8-10H,3,6-7H2,1-2H3,(H,20,21,22). The molecule has 1 atom stereocenters. The first-order valence-electron chi connectivity index (χ1n) is 7.90. The predicted molar refractivity (Wildman–Crippen MR) is 98.1 cm³/mol. The Kier molecular flexibility index (Phi) is 3.74. The van der Waals surface area contributed by atoms with Gasteiger partial charge in [0.15, 0.2) is 0 Å². The third-order valence-corrected chi connectivity index (χ3v) is 6.13. The van der Waals surface area contributed by atoms with E-state index in [1.54, 1.807) is 6.33 Å². The number of nitrogens with one attached hydrogen (secondary N) is 1. The number of nitrogens with zero attached hydrogens (tertiary/aromatic N) is 2. The van der Waals surface area contributed by atoms with E-state index in [9.17, 15) is 0 Å². The lowest BCUT2D eigenvalue weighted by atomic mass is 9.88. The van der Waals surface area contributed by atoms with Gasteiger partial charge in [-0.05, 0) is 55.4 Å². The number of hydrogen-bond acceptors (Lipinski definition) is 4. The maximum Gasteiger partial charge on any atom is 0.142 e. The second-order valence-corrected chi connectivity index (χ2v) is 7.83. The Labute approximate surface area is 144 Å². The molecule has 1 unspecified atom stereocenters. The fourth-order valence-electron chi connectivity index (χ4n) is 3.18. The Morgan fingerprint density at radius 3 is 3.00 bits per heavy atom. The number of benzene rings is 1. The molecule has 5 heteroatoms. The van der Waals surface area contributed by atoms with Gasteiger partial charge in [-0.15, -0.1) is 11.3 Å². The van der Waals surface area contributed by atoms with E-state index in [1.807, 2.05) is 36.5 Å². The molecule has 0 aliphatic heterocycles. The summed E-state index contributed by atoms with van der Waals surface area (Å²) in [5, 5.41) is 5.39. The third kappa shape index (κ3) is 2.70. The molecule has 1 aliphatic carbocycles. The van der Waals surface area contributed by atoms with Gasteiger partial charge in [0.05, 0.1) is 5.39 Å². The number of anilines is 2. The first-order chi connectivity index (χ1) is 11.1. The highest BCUT2D eigenvalue weighted by molar-refractivity contribution is 7.19. The summed E-state index contributed by atoms with van der Waals surface area (Å²) in [5.41, 5.74) is 3.47. The van der Waals surface area contributed by atoms with Crippen molar-refractivity contribution in [1.29, 1.82) is 0 Å². The lowest BCUT2D eigenvalue weighted by molar-refractivity contribution is 0.508. The Morgan fingerprint density at radius 1 is 1.30 bits per heavy atom. The quantitative estimate of drug-likeness (QED) is 0.665. The van der Waals surface area contributed by atoms with E-state index in [1.165, 1.54) is 22.2 Å². The van der Waals surface area contributed by atoms with Crippen LogP contribution >= 0.6 is 22.9 Å². The molecule has 0 amide bonds. The van der Waals surface area contributed by atoms with Crippen LogP contribution in [0.5, 0.6) is 0 Å². The van der Waals surface area contributed by atoms with Gasteiger partial charge in [0.25, 0.3) is 0 Å². The monoisotopic (exact) mass is 343 g/mol. The fourth-order valence-corrected chi connectivity index (χ4v) is 4.55. The summed E-state index contributed by atoms with van der Waals surface area (Å²) >= 11 is 8.06. The summed E-state index contributed by atoms with van der Waals surface area (Å²) in [6, 6.07) is 6.01. The van der Waals surface area contributed by atoms with Gasteiger partial charge in [-0.1, -0.05) is 24.6 Å². The van der Waals surface area contributed by atoms with Crippen LogP contribution in [0.1, 0.15) is 29.3 Å². The molecule has 0 radical (unpaired) electrons. The van der Waals surface area contributed by atoms with E-state index in [0.717, 1.165) is 45.7 Å². The van der Waals surface area contributed by atoms with Crippen molar-refractivity contribution in [2.75, 3.05) is 5.32 Å². The van der Waals surface area contributed by atoms with Crippen molar-refractivity contribution in [2.45, 2.75) is 33.1 Å². The molecular formula is C18H18ClN3S. The summed E-state index contributed by atoms with van der Waals surface area (Å²) in [5.74, 6) is 1.61. The molecule has 1 aromatic carbocycles. The molecule has 23 heavy (non-hydrogen) atoms. The molecule has 1 N–H and O–H groups in total. The van der Waals surface area contributed by atoms with E-state index < -0.39 is 0 Å². The molecule has 118 valence electrons. The molecule has 0 fully saturated rings. The molecule has 0 saturated carbocycles. The van der Waals surface area contributed by atoms with Crippen molar-refractivity contribution >= 4 is 44.7 Å². The van der Waals surface area contributed by atoms with Gasteiger partial charge in [-0.25, -0.2) is 9.97 Å². The summed E-state index contributed by atoms with van der Waals surface area (Å²) in [6.07, 6.45) is 5.19. The molecule has 0 spiro atoms. The number of aryl methyl sites for hydroxylation is 2. The average molecular weight is 344 g/mol. The summed E-state index contributed by atoms with van der Waals surface area (Å²) in [4.78, 5) is 11.5. The lowest BCUT2D eigenvalue weighted by Crippen LogP contribution is -2.09. The van der Waals surface area contributed by atoms with Crippen LogP contribution in [-0.4, -0.2) is 9.97 Å². The number of hydrogen-bond donors (Lipinski definition) is 1. The molecule has 3 aromatic rings. The fraction of sp³-hybridized carbons (Fsp3) is 0.333. The zero-order chi connectivity index (χ0) is 16.0. The molecule has 2 aromatic heterocycles. The first kappa shape index (κ1) is 14.9. The minimum Gasteiger partial charge on any atom is -0.340 e. The van der Waals surface area contributed by atoms with Crippen LogP contribution in [0.3, 0.4) is 0 Å². The Bertz CT molecular complexity index is 887. The third-order valence-electron chi connectivity index (χ3n) is 4.52. The largest absolute Gasteiger partial charge is 0.340 e. The zero-order valence-electron chi connectivity index (χ0n) is 13.2. The van der Waals surface area contributed by atoms with Crippen molar-refractivity contribution in [2.24, 2.45) is 5.92 Å². The second kappa shape index (κ2) is 5.77. The molecule has 1 aliphatic rings. The minimum absolute atomic E-state index is 0.724. The van der Waals surface area contributed by atoms with Crippen molar-refractivity contribution in [3.63, 3.8) is 0 Å². The van der Waals surface area contributed by atoms with Crippen LogP contribution < -0.4 is 5.32 Å². The van der Waals surface area contributed by atoms with Crippen LogP contribution in [0.2, 0.25) is 5.02 Å². The van der Waals surface area contributed by atoms with Crippen LogP contribution in [0, 0.1) is 12.8 Å². The predicted octanol–water partition coefficient (Wildman–Crippen LogP) is 5.52. The first-order valence-corrected chi connectivity index (χ1v) is 9.09. The van der Waals surface area contributed by atoms with Gasteiger partial charge in [0, 0.05) is 15.6 Å². The molecule has 3 nitrogen and oxygen atoms in total. The Balaban J connectivity index is 1.80. The number of fused-ring (bicyclic) bond motifs is 3. The number of rotatable bonds is 2. The number of halogens is 1. The summed E-state index contributed by atoms with van der Waals surface area (Å²) < 4.78 is 0. The number of aromatic nitrogens is 2. The van der Waals surface area contributed by atoms with E-state index in [0.29, 0.717) is 0 Å². The minimum atomic E-state index is 0.724. The van der Waals surface area contributed by atoms with E-state index in [-0.39, 0.29) is 0 Å². The van der Waals surface area contributed by atoms with E-state index in [2.05, 4.69) is 22.2 Å². The van der Waals surface area contributed by atoms with Crippen LogP contribution in [0.25, 0.3) is 10.2 Å². The average Bonchev–Trinajstić information content (AvgIpc) is 2.90. The normalized spacial score (nSPS) is 17.3. The molecule has 4 rings (SSSR count). The summed E-state index contributed by atoms with van der Waals surface area (Å²) in [6.45, 7) is 4.33. The van der Waals surface area contributed by atoms with E-state index in [4.69, 9.17) is 11.6 Å². The SMILES string of the molecule is Cc1ccc(Nc2ncnc3sc4c(c23)CC(C)CC4)cc1Cl. The number of thiophene rings is 1. The zero-order valence-corrected chi connectivity index (χ0v) is 14.8. The Morgan fingerprint density at radius 2 is 2.17 bits per heavy atom. The van der Waals surface area contributed by atoms with Gasteiger partial charge in [0.2, 0.25) is 0 Å². The maximum atomic E-state index is 6.24. The van der Waals surface area contributed by atoms with Crippen LogP contribution in [-0.2, 0) is 12.8 Å². The topological polar surface area (TPSA) is 37.8 Å². The van der Waals surface area contributed by atoms with Gasteiger partial charge >= 0.3 is 0 Å². The molecule has 0 bridgehead atoms. The molecule has 2 heterocycles. The molecular weight excluding hydrogens is 326 g/mol. The van der Waals surface area contributed by atoms with Crippen molar-refractivity contribution in [3.05, 3.63) is 45.6 Å². The highest BCUT2D eigenvalue weighted by Crippen LogP contribution is 2.40. The van der Waals surface area contributed by atoms with Gasteiger partial charge in [0.1, 0.15) is 17.0 Å². The van der Waals surface area contributed by atoms with Crippen molar-refractivity contribution < 1.29 is 0 Å². The smallest absolute Gasteiger partial charge is 0.142 e. The van der Waals surface area contributed by atoms with E-state index >= 15 is 0 Å². The highest BCUT2D eigenvalue weighted by Gasteiger charge is 2.23. The maximum absolute atomic E-state index is 6.24. The van der Waals surface area contributed by atoms with Crippen LogP contribution in [0.15, 0.2) is 24.5 Å². The molecule has 0 saturated heterocycles. The lowest BCUT2D eigenvalue weighted by Gasteiger charge is -2.18. The van der Waals surface area contributed by atoms with Gasteiger partial charge in [-0.3, -0.25) is 0 Å². The summed E-state index contributed by atoms with van der Waals surface area (Å²) in [7, 11) is 0. The van der Waals surface area contributed by atoms with Crippen LogP contribution in [0.4, 0.5) is 11.5 Å².